The van der Waals surface area contributed by atoms with Crippen molar-refractivity contribution in [3.05, 3.63) is 70.3 Å². The number of carbonyl (C=O) groups excluding carboxylic acids is 1. The van der Waals surface area contributed by atoms with Gasteiger partial charge in [-0.25, -0.2) is 4.79 Å². The van der Waals surface area contributed by atoms with E-state index in [0.717, 1.165) is 36.2 Å². The van der Waals surface area contributed by atoms with Gasteiger partial charge in [0.05, 0.1) is 0 Å². The van der Waals surface area contributed by atoms with Crippen molar-refractivity contribution in [2.45, 2.75) is 58.7 Å². The molecule has 0 saturated heterocycles. The van der Waals surface area contributed by atoms with Gasteiger partial charge in [-0.15, -0.1) is 13.2 Å². The highest BCUT2D eigenvalue weighted by atomic mass is 19.4. The normalized spacial score (nSPS) is 16.2. The van der Waals surface area contributed by atoms with Crippen LogP contribution in [0.1, 0.15) is 55.0 Å². The number of nitrogens with one attached hydrogen (secondary N) is 1. The number of rotatable bonds is 4. The Morgan fingerprint density at radius 2 is 1.82 bits per heavy atom. The molecule has 2 aliphatic rings. The summed E-state index contributed by atoms with van der Waals surface area (Å²) in [6.07, 6.45) is -1.59. The predicted molar refractivity (Wildman–Crippen MR) is 123 cm³/mol. The average Bonchev–Trinajstić information content (AvgIpc) is 3.22. The number of alkyl halides is 3. The Bertz CT molecular complexity index is 1090. The summed E-state index contributed by atoms with van der Waals surface area (Å²) in [7, 11) is 0. The van der Waals surface area contributed by atoms with Crippen LogP contribution in [-0.4, -0.2) is 36.0 Å². The molecule has 2 aromatic carbocycles. The standard InChI is InChI=1S/C26H29F3N2O3/c1-25(2,3)34-24(32)31-10-8-18(9-11-31)19-13-20(23-16-30-15-21(23)14-19)12-17-4-6-22(7-5-17)33-26(27,28)29/h4-8,13-14,30H,9-12,15-16H2,1-3H3. The van der Waals surface area contributed by atoms with E-state index in [0.29, 0.717) is 19.5 Å². The second kappa shape index (κ2) is 9.33. The molecule has 0 fully saturated rings. The van der Waals surface area contributed by atoms with Crippen LogP contribution in [-0.2, 0) is 24.2 Å². The Hall–Kier alpha value is -3.00. The van der Waals surface area contributed by atoms with Crippen molar-refractivity contribution in [3.8, 4) is 5.75 Å². The number of fused-ring (bicyclic) bond motifs is 1. The van der Waals surface area contributed by atoms with Gasteiger partial charge in [-0.2, -0.15) is 0 Å². The van der Waals surface area contributed by atoms with E-state index < -0.39 is 12.0 Å². The summed E-state index contributed by atoms with van der Waals surface area (Å²) in [6.45, 7) is 8.20. The number of hydrogen-bond acceptors (Lipinski definition) is 4. The molecule has 1 amide bonds. The van der Waals surface area contributed by atoms with Crippen molar-refractivity contribution in [2.24, 2.45) is 0 Å². The molecule has 0 atom stereocenters. The molecular weight excluding hydrogens is 445 g/mol. The fourth-order valence-electron chi connectivity index (χ4n) is 4.30. The second-order valence-corrected chi connectivity index (χ2v) is 9.65. The van der Waals surface area contributed by atoms with E-state index in [2.05, 4.69) is 28.3 Å². The second-order valence-electron chi connectivity index (χ2n) is 9.65. The largest absolute Gasteiger partial charge is 0.573 e. The third kappa shape index (κ3) is 6.11. The van der Waals surface area contributed by atoms with Crippen LogP contribution < -0.4 is 10.1 Å². The molecule has 2 aliphatic heterocycles. The number of hydrogen-bond donors (Lipinski definition) is 1. The molecule has 0 spiro atoms. The highest BCUT2D eigenvalue weighted by Gasteiger charge is 2.31. The third-order valence-corrected chi connectivity index (χ3v) is 5.84. The van der Waals surface area contributed by atoms with Gasteiger partial charge in [0.25, 0.3) is 0 Å². The smallest absolute Gasteiger partial charge is 0.444 e. The summed E-state index contributed by atoms with van der Waals surface area (Å²) in [4.78, 5) is 14.1. The van der Waals surface area contributed by atoms with Gasteiger partial charge in [0.1, 0.15) is 11.4 Å². The minimum atomic E-state index is -4.70. The van der Waals surface area contributed by atoms with E-state index in [4.69, 9.17) is 4.74 Å². The van der Waals surface area contributed by atoms with Gasteiger partial charge in [0, 0.05) is 26.2 Å². The summed E-state index contributed by atoms with van der Waals surface area (Å²) in [5, 5.41) is 3.39. The molecule has 182 valence electrons. The zero-order valence-corrected chi connectivity index (χ0v) is 19.6. The Labute approximate surface area is 197 Å². The molecular formula is C26H29F3N2O3. The molecule has 1 N–H and O–H groups in total. The first-order valence-electron chi connectivity index (χ1n) is 11.3. The van der Waals surface area contributed by atoms with Gasteiger partial charge in [-0.3, -0.25) is 0 Å². The van der Waals surface area contributed by atoms with E-state index in [9.17, 15) is 18.0 Å². The SMILES string of the molecule is CC(C)(C)OC(=O)N1CC=C(c2cc3c(c(Cc4ccc(OC(F)(F)F)cc4)c2)CNC3)CC1. The maximum atomic E-state index is 12.4. The molecule has 2 aromatic rings. The van der Waals surface area contributed by atoms with Crippen LogP contribution in [0.3, 0.4) is 0 Å². The fraction of sp³-hybridized carbons (Fsp3) is 0.423. The van der Waals surface area contributed by atoms with Gasteiger partial charge >= 0.3 is 12.5 Å². The Morgan fingerprint density at radius 1 is 1.09 bits per heavy atom. The van der Waals surface area contributed by atoms with Crippen LogP contribution in [0.4, 0.5) is 18.0 Å². The average molecular weight is 475 g/mol. The molecule has 8 heteroatoms. The van der Waals surface area contributed by atoms with E-state index in [1.165, 1.54) is 28.8 Å². The Kier molecular flexibility index (Phi) is 6.62. The molecule has 2 heterocycles. The molecule has 0 saturated carbocycles. The van der Waals surface area contributed by atoms with Gasteiger partial charge in [-0.05, 0) is 85.2 Å². The van der Waals surface area contributed by atoms with Crippen LogP contribution in [0, 0.1) is 0 Å². The lowest BCUT2D eigenvalue weighted by Crippen LogP contribution is -2.39. The summed E-state index contributed by atoms with van der Waals surface area (Å²) < 4.78 is 46.8. The first-order valence-corrected chi connectivity index (χ1v) is 11.3. The zero-order chi connectivity index (χ0) is 24.5. The van der Waals surface area contributed by atoms with Crippen molar-refractivity contribution in [3.63, 3.8) is 0 Å². The van der Waals surface area contributed by atoms with E-state index in [-0.39, 0.29) is 11.8 Å². The molecule has 0 bridgehead atoms. The Morgan fingerprint density at radius 3 is 2.44 bits per heavy atom. The van der Waals surface area contributed by atoms with Crippen LogP contribution in [0.2, 0.25) is 0 Å². The molecule has 0 aliphatic carbocycles. The summed E-state index contributed by atoms with van der Waals surface area (Å²) >= 11 is 0. The van der Waals surface area contributed by atoms with Crippen molar-refractivity contribution >= 4 is 11.7 Å². The molecule has 0 aromatic heterocycles. The summed E-state index contributed by atoms with van der Waals surface area (Å²) in [5.41, 5.74) is 6.32. The number of carbonyl (C=O) groups is 1. The number of halogens is 3. The molecule has 5 nitrogen and oxygen atoms in total. The van der Waals surface area contributed by atoms with Gasteiger partial charge < -0.3 is 19.7 Å². The topological polar surface area (TPSA) is 50.8 Å². The van der Waals surface area contributed by atoms with Crippen LogP contribution >= 0.6 is 0 Å². The fourth-order valence-corrected chi connectivity index (χ4v) is 4.30. The monoisotopic (exact) mass is 474 g/mol. The predicted octanol–water partition coefficient (Wildman–Crippen LogP) is 5.80. The lowest BCUT2D eigenvalue weighted by Gasteiger charge is -2.30. The summed E-state index contributed by atoms with van der Waals surface area (Å²) in [6, 6.07) is 10.4. The van der Waals surface area contributed by atoms with E-state index in [1.54, 1.807) is 17.0 Å². The first-order chi connectivity index (χ1) is 16.0. The number of benzene rings is 2. The quantitative estimate of drug-likeness (QED) is 0.608. The molecule has 0 unspecified atom stereocenters. The van der Waals surface area contributed by atoms with Crippen molar-refractivity contribution in [1.82, 2.24) is 10.2 Å². The van der Waals surface area contributed by atoms with Crippen LogP contribution in [0.15, 0.2) is 42.5 Å². The lowest BCUT2D eigenvalue weighted by molar-refractivity contribution is -0.274. The summed E-state index contributed by atoms with van der Waals surface area (Å²) in [5.74, 6) is -0.223. The highest BCUT2D eigenvalue weighted by Crippen LogP contribution is 2.31. The minimum absolute atomic E-state index is 0.223. The molecule has 4 rings (SSSR count). The Balaban J connectivity index is 1.51. The van der Waals surface area contributed by atoms with Gasteiger partial charge in [-0.1, -0.05) is 24.3 Å². The van der Waals surface area contributed by atoms with Crippen LogP contribution in [0.5, 0.6) is 5.75 Å². The van der Waals surface area contributed by atoms with E-state index in [1.807, 2.05) is 20.8 Å². The number of nitrogens with zero attached hydrogens (tertiary/aromatic N) is 1. The van der Waals surface area contributed by atoms with Crippen LogP contribution in [0.25, 0.3) is 5.57 Å². The maximum Gasteiger partial charge on any atom is 0.573 e. The maximum absolute atomic E-state index is 12.4. The third-order valence-electron chi connectivity index (χ3n) is 5.84. The van der Waals surface area contributed by atoms with Gasteiger partial charge in [0.2, 0.25) is 0 Å². The highest BCUT2D eigenvalue weighted by molar-refractivity contribution is 5.73. The van der Waals surface area contributed by atoms with Crippen molar-refractivity contribution in [1.29, 1.82) is 0 Å². The first kappa shape index (κ1) is 24.1. The number of amides is 1. The molecule has 34 heavy (non-hydrogen) atoms. The van der Waals surface area contributed by atoms with Gasteiger partial charge in [0.15, 0.2) is 0 Å². The van der Waals surface area contributed by atoms with E-state index >= 15 is 0 Å². The molecule has 0 radical (unpaired) electrons. The zero-order valence-electron chi connectivity index (χ0n) is 19.6. The number of ether oxygens (including phenoxy) is 2. The van der Waals surface area contributed by atoms with Crippen molar-refractivity contribution < 1.29 is 27.4 Å². The minimum Gasteiger partial charge on any atom is -0.444 e. The van der Waals surface area contributed by atoms with Crippen molar-refractivity contribution in [2.75, 3.05) is 13.1 Å². The lowest BCUT2D eigenvalue weighted by atomic mass is 9.90.